The van der Waals surface area contributed by atoms with Gasteiger partial charge in [-0.3, -0.25) is 4.79 Å². The summed E-state index contributed by atoms with van der Waals surface area (Å²) in [4.78, 5) is 40.9. The van der Waals surface area contributed by atoms with E-state index in [0.717, 1.165) is 29.2 Å². The van der Waals surface area contributed by atoms with Crippen molar-refractivity contribution >= 4 is 46.5 Å². The molecule has 5 rings (SSSR count). The lowest BCUT2D eigenvalue weighted by molar-refractivity contribution is -0.143. The number of rotatable bonds is 7. The van der Waals surface area contributed by atoms with E-state index in [9.17, 15) is 14.0 Å². The summed E-state index contributed by atoms with van der Waals surface area (Å²) in [5.41, 5.74) is 3.03. The highest BCUT2D eigenvalue weighted by molar-refractivity contribution is 6.31. The lowest BCUT2D eigenvalue weighted by atomic mass is 9.94. The molecule has 36 heavy (non-hydrogen) atoms. The van der Waals surface area contributed by atoms with E-state index in [4.69, 9.17) is 27.9 Å². The number of esters is 1. The molecule has 1 N–H and O–H groups in total. The molecule has 4 heterocycles. The molecule has 12 heteroatoms. The van der Waals surface area contributed by atoms with E-state index in [-0.39, 0.29) is 53.6 Å². The third-order valence-corrected chi connectivity index (χ3v) is 6.57. The third kappa shape index (κ3) is 4.75. The molecular weight excluding hydrogens is 510 g/mol. The van der Waals surface area contributed by atoms with E-state index in [1.807, 2.05) is 6.08 Å². The highest BCUT2D eigenvalue weighted by atomic mass is 35.5. The van der Waals surface area contributed by atoms with Crippen molar-refractivity contribution in [3.8, 4) is 0 Å². The number of ether oxygens (including phenoxy) is 1. The number of carbonyl (C=O) groups excluding carboxylic acids is 2. The van der Waals surface area contributed by atoms with Gasteiger partial charge in [0, 0.05) is 37.1 Å². The van der Waals surface area contributed by atoms with E-state index in [0.29, 0.717) is 25.1 Å². The first-order chi connectivity index (χ1) is 17.3. The number of fused-ring (bicyclic) bond motifs is 4. The fraction of sp³-hybridized carbons (Fsp3) is 0.375. The number of aromatic nitrogens is 3. The summed E-state index contributed by atoms with van der Waals surface area (Å²) in [6.07, 6.45) is 3.21. The van der Waals surface area contributed by atoms with Gasteiger partial charge in [0.25, 0.3) is 0 Å². The van der Waals surface area contributed by atoms with Crippen LogP contribution in [-0.2, 0) is 20.9 Å². The van der Waals surface area contributed by atoms with Crippen LogP contribution in [0.3, 0.4) is 0 Å². The average Bonchev–Trinajstić information content (AvgIpc) is 3.14. The van der Waals surface area contributed by atoms with Gasteiger partial charge in [0.2, 0.25) is 16.5 Å². The number of anilines is 2. The molecular formula is C24H23Cl2FN6O3. The lowest BCUT2D eigenvalue weighted by Gasteiger charge is -2.37. The molecule has 1 atom stereocenters. The summed E-state index contributed by atoms with van der Waals surface area (Å²) in [7, 11) is 0. The van der Waals surface area contributed by atoms with Crippen LogP contribution in [0.2, 0.25) is 10.6 Å². The Morgan fingerprint density at radius 3 is 2.75 bits per heavy atom. The third-order valence-electron chi connectivity index (χ3n) is 6.23. The van der Waals surface area contributed by atoms with Gasteiger partial charge in [0.15, 0.2) is 5.82 Å². The van der Waals surface area contributed by atoms with Crippen LogP contribution in [0.25, 0.3) is 0 Å². The van der Waals surface area contributed by atoms with E-state index in [1.165, 1.54) is 6.07 Å². The quantitative estimate of drug-likeness (QED) is 0.535. The van der Waals surface area contributed by atoms with Gasteiger partial charge in [-0.25, -0.2) is 19.2 Å². The standard InChI is InChI=1S/C24H23Cl2FN6O3/c1-2-8-32-17-11-14(27)4-5-16(17)33-9-7-18-15(21(32)33)10-13(22(35)36-18)3-6-20(34)28-12-19-29-23(25)31-24(26)30-19/h4-5,10-11,18H,2-3,6-9,12H2,1H3,(H,28,34). The van der Waals surface area contributed by atoms with Crippen LogP contribution < -0.4 is 15.1 Å². The van der Waals surface area contributed by atoms with Gasteiger partial charge >= 0.3 is 5.97 Å². The molecule has 2 aromatic rings. The SMILES string of the molecule is CCCN1C2=C3C=C(CCC(=O)NCc4nc(Cl)nc(Cl)n4)C(=O)OC3CCN2c2ccc(F)cc21. The molecule has 1 amide bonds. The minimum absolute atomic E-state index is 0.0252. The molecule has 0 bridgehead atoms. The fourth-order valence-corrected chi connectivity index (χ4v) is 5.11. The number of amides is 1. The van der Waals surface area contributed by atoms with Crippen molar-refractivity contribution in [3.63, 3.8) is 0 Å². The predicted molar refractivity (Wildman–Crippen MR) is 132 cm³/mol. The van der Waals surface area contributed by atoms with E-state index >= 15 is 0 Å². The first kappa shape index (κ1) is 24.5. The highest BCUT2D eigenvalue weighted by Crippen LogP contribution is 2.47. The predicted octanol–water partition coefficient (Wildman–Crippen LogP) is 3.92. The number of benzene rings is 1. The second-order valence-electron chi connectivity index (χ2n) is 8.63. The zero-order valence-corrected chi connectivity index (χ0v) is 20.9. The van der Waals surface area contributed by atoms with Crippen molar-refractivity contribution in [2.45, 2.75) is 45.3 Å². The molecule has 0 spiro atoms. The largest absolute Gasteiger partial charge is 0.454 e. The minimum Gasteiger partial charge on any atom is -0.454 e. The van der Waals surface area contributed by atoms with Crippen LogP contribution in [0.5, 0.6) is 0 Å². The Kier molecular flexibility index (Phi) is 6.81. The van der Waals surface area contributed by atoms with Gasteiger partial charge in [0.1, 0.15) is 17.7 Å². The molecule has 1 aromatic carbocycles. The van der Waals surface area contributed by atoms with Crippen LogP contribution in [0.15, 0.2) is 41.2 Å². The van der Waals surface area contributed by atoms with Crippen molar-refractivity contribution in [2.75, 3.05) is 22.9 Å². The first-order valence-electron chi connectivity index (χ1n) is 11.7. The van der Waals surface area contributed by atoms with Crippen LogP contribution in [0.4, 0.5) is 15.8 Å². The minimum atomic E-state index is -0.426. The molecule has 3 aliphatic rings. The number of nitrogens with one attached hydrogen (secondary N) is 1. The van der Waals surface area contributed by atoms with Crippen molar-refractivity contribution in [1.82, 2.24) is 20.3 Å². The van der Waals surface area contributed by atoms with Crippen LogP contribution >= 0.6 is 23.2 Å². The van der Waals surface area contributed by atoms with Gasteiger partial charge in [-0.2, -0.15) is 4.98 Å². The zero-order valence-electron chi connectivity index (χ0n) is 19.4. The smallest absolute Gasteiger partial charge is 0.334 e. The summed E-state index contributed by atoms with van der Waals surface area (Å²) in [5, 5.41) is 2.57. The van der Waals surface area contributed by atoms with Crippen LogP contribution in [0.1, 0.15) is 38.4 Å². The molecule has 1 unspecified atom stereocenters. The van der Waals surface area contributed by atoms with Gasteiger partial charge < -0.3 is 19.9 Å². The summed E-state index contributed by atoms with van der Waals surface area (Å²) in [6.45, 7) is 3.44. The van der Waals surface area contributed by atoms with Crippen molar-refractivity contribution in [1.29, 1.82) is 0 Å². The molecule has 0 saturated heterocycles. The Hall–Kier alpha value is -3.24. The second kappa shape index (κ2) is 10.0. The molecule has 3 aliphatic heterocycles. The van der Waals surface area contributed by atoms with Crippen molar-refractivity contribution in [2.24, 2.45) is 0 Å². The zero-order chi connectivity index (χ0) is 25.4. The van der Waals surface area contributed by atoms with Crippen molar-refractivity contribution < 1.29 is 18.7 Å². The number of hydrogen-bond donors (Lipinski definition) is 1. The summed E-state index contributed by atoms with van der Waals surface area (Å²) >= 11 is 11.5. The molecule has 0 radical (unpaired) electrons. The van der Waals surface area contributed by atoms with Crippen LogP contribution in [-0.4, -0.2) is 46.0 Å². The van der Waals surface area contributed by atoms with Gasteiger partial charge in [0.05, 0.1) is 17.9 Å². The van der Waals surface area contributed by atoms with Gasteiger partial charge in [-0.1, -0.05) is 6.92 Å². The monoisotopic (exact) mass is 532 g/mol. The summed E-state index contributed by atoms with van der Waals surface area (Å²) < 4.78 is 19.8. The van der Waals surface area contributed by atoms with E-state index < -0.39 is 5.97 Å². The Bertz CT molecular complexity index is 1280. The number of carbonyl (C=O) groups is 2. The number of nitrogens with zero attached hydrogens (tertiary/aromatic N) is 5. The first-order valence-corrected chi connectivity index (χ1v) is 12.4. The maximum atomic E-state index is 14.1. The topological polar surface area (TPSA) is 101 Å². The molecule has 188 valence electrons. The molecule has 0 aliphatic carbocycles. The summed E-state index contributed by atoms with van der Waals surface area (Å²) in [6, 6.07) is 4.79. The maximum Gasteiger partial charge on any atom is 0.334 e. The van der Waals surface area contributed by atoms with E-state index in [1.54, 1.807) is 12.1 Å². The molecule has 1 aromatic heterocycles. The van der Waals surface area contributed by atoms with Crippen molar-refractivity contribution in [3.05, 3.63) is 63.5 Å². The highest BCUT2D eigenvalue weighted by Gasteiger charge is 2.41. The maximum absolute atomic E-state index is 14.1. The molecule has 9 nitrogen and oxygen atoms in total. The number of halogens is 3. The second-order valence-corrected chi connectivity index (χ2v) is 9.31. The van der Waals surface area contributed by atoms with Gasteiger partial charge in [-0.05, 0) is 60.3 Å². The Morgan fingerprint density at radius 1 is 1.22 bits per heavy atom. The molecule has 0 saturated carbocycles. The Morgan fingerprint density at radius 2 is 2.00 bits per heavy atom. The normalized spacial score (nSPS) is 18.4. The van der Waals surface area contributed by atoms with E-state index in [2.05, 4.69) is 37.0 Å². The molecule has 0 fully saturated rings. The van der Waals surface area contributed by atoms with Gasteiger partial charge in [-0.15, -0.1) is 0 Å². The lowest BCUT2D eigenvalue weighted by Crippen LogP contribution is -2.42. The Labute approximate surface area is 217 Å². The Balaban J connectivity index is 1.35. The summed E-state index contributed by atoms with van der Waals surface area (Å²) in [5.74, 6) is 0.126. The number of hydrogen-bond acceptors (Lipinski definition) is 8. The van der Waals surface area contributed by atoms with Crippen LogP contribution in [0, 0.1) is 5.82 Å². The fourth-order valence-electron chi connectivity index (χ4n) is 4.71. The average molecular weight is 533 g/mol.